The molecule has 0 radical (unpaired) electrons. The van der Waals surface area contributed by atoms with E-state index in [-0.39, 0.29) is 10.5 Å². The zero-order chi connectivity index (χ0) is 20.4. The Labute approximate surface area is 172 Å². The third-order valence-corrected chi connectivity index (χ3v) is 6.07. The summed E-state index contributed by atoms with van der Waals surface area (Å²) in [5.41, 5.74) is 5.42. The zero-order valence-electron chi connectivity index (χ0n) is 14.9. The fourth-order valence-electron chi connectivity index (χ4n) is 3.17. The highest BCUT2D eigenvalue weighted by molar-refractivity contribution is 7.87. The molecule has 6 nitrogen and oxygen atoms in total. The molecule has 8 heteroatoms. The van der Waals surface area contributed by atoms with Gasteiger partial charge in [-0.2, -0.15) is 12.7 Å². The minimum atomic E-state index is -4.31. The fourth-order valence-corrected chi connectivity index (χ4v) is 4.48. The highest BCUT2D eigenvalue weighted by Gasteiger charge is 2.23. The van der Waals surface area contributed by atoms with Gasteiger partial charge in [0.1, 0.15) is 4.90 Å². The van der Waals surface area contributed by atoms with E-state index in [1.165, 1.54) is 6.07 Å². The van der Waals surface area contributed by atoms with Crippen LogP contribution in [0.5, 0.6) is 0 Å². The van der Waals surface area contributed by atoms with Gasteiger partial charge in [-0.25, -0.2) is 0 Å². The van der Waals surface area contributed by atoms with Crippen LogP contribution in [0.3, 0.4) is 0 Å². The number of hydrazine groups is 1. The van der Waals surface area contributed by atoms with E-state index in [2.05, 4.69) is 11.0 Å². The van der Waals surface area contributed by atoms with Gasteiger partial charge in [-0.15, -0.1) is 0 Å². The minimum absolute atomic E-state index is 0.00805. The van der Waals surface area contributed by atoms with E-state index < -0.39 is 10.1 Å². The average molecular weight is 427 g/mol. The lowest BCUT2D eigenvalue weighted by Crippen LogP contribution is -2.27. The molecule has 0 spiro atoms. The molecule has 0 amide bonds. The summed E-state index contributed by atoms with van der Waals surface area (Å²) in [6, 6.07) is 21.0. The smallest absolute Gasteiger partial charge is 0.298 e. The molecule has 4 rings (SSSR count). The van der Waals surface area contributed by atoms with Crippen molar-refractivity contribution in [3.8, 4) is 0 Å². The SMILES string of the molecule is O=Cc1ccc2ccccc2c1S(=O)(=O)ONNc1c(Cl)ccc2ccccc12. The van der Waals surface area contributed by atoms with Crippen molar-refractivity contribution in [1.82, 2.24) is 5.59 Å². The molecule has 0 aliphatic carbocycles. The van der Waals surface area contributed by atoms with Crippen LogP contribution in [-0.2, 0) is 14.4 Å². The van der Waals surface area contributed by atoms with Crippen molar-refractivity contribution in [2.24, 2.45) is 0 Å². The first-order valence-corrected chi connectivity index (χ1v) is 10.4. The number of anilines is 1. The van der Waals surface area contributed by atoms with Gasteiger partial charge in [0.05, 0.1) is 10.7 Å². The third-order valence-electron chi connectivity index (χ3n) is 4.49. The first-order chi connectivity index (χ1) is 14.0. The maximum atomic E-state index is 12.8. The summed E-state index contributed by atoms with van der Waals surface area (Å²) in [7, 11) is -4.31. The molecule has 2 N–H and O–H groups in total. The normalized spacial score (nSPS) is 11.6. The van der Waals surface area contributed by atoms with Gasteiger partial charge in [-0.05, 0) is 22.9 Å². The molecule has 0 saturated heterocycles. The van der Waals surface area contributed by atoms with Gasteiger partial charge in [0.2, 0.25) is 0 Å². The summed E-state index contributed by atoms with van der Waals surface area (Å²) < 4.78 is 30.7. The van der Waals surface area contributed by atoms with Crippen LogP contribution in [0.2, 0.25) is 5.02 Å². The second kappa shape index (κ2) is 7.81. The third kappa shape index (κ3) is 3.68. The van der Waals surface area contributed by atoms with E-state index in [9.17, 15) is 13.2 Å². The number of carbonyl (C=O) groups is 1. The maximum Gasteiger partial charge on any atom is 0.315 e. The first kappa shape index (κ1) is 19.4. The van der Waals surface area contributed by atoms with Gasteiger partial charge in [0.25, 0.3) is 0 Å². The molecule has 0 bridgehead atoms. The number of hydrogen-bond acceptors (Lipinski definition) is 6. The van der Waals surface area contributed by atoms with Crippen molar-refractivity contribution in [3.05, 3.63) is 83.4 Å². The first-order valence-electron chi connectivity index (χ1n) is 8.60. The van der Waals surface area contributed by atoms with Crippen LogP contribution in [0.4, 0.5) is 5.69 Å². The molecule has 0 atom stereocenters. The molecule has 29 heavy (non-hydrogen) atoms. The van der Waals surface area contributed by atoms with Crippen molar-refractivity contribution in [2.75, 3.05) is 5.43 Å². The standard InChI is InChI=1S/C21H15ClN2O4S/c22-19-12-11-14-5-1-3-7-17(14)20(19)23-24-28-29(26,27)21-16(13-25)10-9-15-6-2-4-8-18(15)21/h1-13,23-24H. The van der Waals surface area contributed by atoms with Gasteiger partial charge in [-0.3, -0.25) is 10.2 Å². The van der Waals surface area contributed by atoms with Crippen molar-refractivity contribution in [1.29, 1.82) is 0 Å². The highest BCUT2D eigenvalue weighted by atomic mass is 35.5. The Bertz CT molecular complexity index is 1340. The summed E-state index contributed by atoms with van der Waals surface area (Å²) in [5.74, 6) is 0. The highest BCUT2D eigenvalue weighted by Crippen LogP contribution is 2.31. The molecule has 0 heterocycles. The number of fused-ring (bicyclic) bond motifs is 2. The Kier molecular flexibility index (Phi) is 5.21. The van der Waals surface area contributed by atoms with E-state index in [0.717, 1.165) is 10.8 Å². The summed E-state index contributed by atoms with van der Waals surface area (Å²) in [4.78, 5) is 11.2. The van der Waals surface area contributed by atoms with Gasteiger partial charge < -0.3 is 0 Å². The number of carbonyl (C=O) groups excluding carboxylic acids is 1. The van der Waals surface area contributed by atoms with Crippen LogP contribution in [0, 0.1) is 0 Å². The van der Waals surface area contributed by atoms with Crippen molar-refractivity contribution in [2.45, 2.75) is 4.90 Å². The lowest BCUT2D eigenvalue weighted by atomic mass is 10.1. The van der Waals surface area contributed by atoms with Crippen molar-refractivity contribution in [3.63, 3.8) is 0 Å². The molecule has 0 fully saturated rings. The lowest BCUT2D eigenvalue weighted by Gasteiger charge is -2.14. The van der Waals surface area contributed by atoms with E-state index in [4.69, 9.17) is 15.9 Å². The molecular formula is C21H15ClN2O4S. The second-order valence-electron chi connectivity index (χ2n) is 6.23. The lowest BCUT2D eigenvalue weighted by molar-refractivity contribution is 0.112. The van der Waals surface area contributed by atoms with Crippen LogP contribution in [-0.4, -0.2) is 14.7 Å². The number of nitrogens with one attached hydrogen (secondary N) is 2. The number of hydrogen-bond donors (Lipinski definition) is 2. The van der Waals surface area contributed by atoms with Crippen molar-refractivity contribution < 1.29 is 17.5 Å². The summed E-state index contributed by atoms with van der Waals surface area (Å²) in [5, 5.41) is 3.15. The minimum Gasteiger partial charge on any atom is -0.298 e. The average Bonchev–Trinajstić information content (AvgIpc) is 2.74. The molecule has 0 saturated carbocycles. The topological polar surface area (TPSA) is 84.5 Å². The van der Waals surface area contributed by atoms with Gasteiger partial charge in [0.15, 0.2) is 6.29 Å². The number of rotatable bonds is 6. The van der Waals surface area contributed by atoms with E-state index >= 15 is 0 Å². The van der Waals surface area contributed by atoms with Crippen LogP contribution in [0.1, 0.15) is 10.4 Å². The molecule has 4 aromatic carbocycles. The zero-order valence-corrected chi connectivity index (χ0v) is 16.5. The predicted molar refractivity (Wildman–Crippen MR) is 113 cm³/mol. The number of halogens is 1. The molecular weight excluding hydrogens is 412 g/mol. The number of aldehydes is 1. The molecule has 0 aromatic heterocycles. The fraction of sp³-hybridized carbons (Fsp3) is 0. The quantitative estimate of drug-likeness (QED) is 0.343. The maximum absolute atomic E-state index is 12.8. The Hall–Kier alpha value is -2.97. The summed E-state index contributed by atoms with van der Waals surface area (Å²) >= 11 is 6.24. The molecule has 0 aliphatic heterocycles. The molecule has 0 aliphatic rings. The summed E-state index contributed by atoms with van der Waals surface area (Å²) in [6.45, 7) is 0. The largest absolute Gasteiger partial charge is 0.315 e. The molecule has 4 aromatic rings. The number of benzene rings is 4. The molecule has 146 valence electrons. The van der Waals surface area contributed by atoms with Crippen LogP contribution in [0.15, 0.2) is 77.7 Å². The Morgan fingerprint density at radius 2 is 1.45 bits per heavy atom. The predicted octanol–water partition coefficient (Wildman–Crippen LogP) is 4.70. The van der Waals surface area contributed by atoms with E-state index in [1.54, 1.807) is 36.4 Å². The van der Waals surface area contributed by atoms with Crippen LogP contribution < -0.4 is 11.0 Å². The Morgan fingerprint density at radius 3 is 2.17 bits per heavy atom. The van der Waals surface area contributed by atoms with Crippen molar-refractivity contribution >= 4 is 55.2 Å². The monoisotopic (exact) mass is 426 g/mol. The van der Waals surface area contributed by atoms with Gasteiger partial charge >= 0.3 is 10.1 Å². The van der Waals surface area contributed by atoms with E-state index in [0.29, 0.717) is 27.8 Å². The van der Waals surface area contributed by atoms with Gasteiger partial charge in [-0.1, -0.05) is 77.9 Å². The Balaban J connectivity index is 1.66. The summed E-state index contributed by atoms with van der Waals surface area (Å²) in [6.07, 6.45) is 0.484. The molecule has 0 unspecified atom stereocenters. The van der Waals surface area contributed by atoms with Crippen LogP contribution in [0.25, 0.3) is 21.5 Å². The second-order valence-corrected chi connectivity index (χ2v) is 8.12. The van der Waals surface area contributed by atoms with Crippen LogP contribution >= 0.6 is 11.6 Å². The Morgan fingerprint density at radius 1 is 0.828 bits per heavy atom. The van der Waals surface area contributed by atoms with E-state index in [1.807, 2.05) is 30.3 Å². The van der Waals surface area contributed by atoms with Gasteiger partial charge in [0, 0.05) is 16.3 Å².